The van der Waals surface area contributed by atoms with Gasteiger partial charge in [0.2, 0.25) is 0 Å². The van der Waals surface area contributed by atoms with Gasteiger partial charge in [-0.05, 0) is 91.7 Å². The smallest absolute Gasteiger partial charge is 0.00261 e. The fourth-order valence-electron chi connectivity index (χ4n) is 5.50. The predicted octanol–water partition coefficient (Wildman–Crippen LogP) is 10.5. The summed E-state index contributed by atoms with van der Waals surface area (Å²) in [6.07, 6.45) is 6.19. The van der Waals surface area contributed by atoms with E-state index in [1.807, 2.05) is 6.08 Å². The van der Waals surface area contributed by atoms with E-state index in [9.17, 15) is 0 Å². The van der Waals surface area contributed by atoms with Crippen LogP contribution in [0.15, 0.2) is 116 Å². The third-order valence-electron chi connectivity index (χ3n) is 7.16. The van der Waals surface area contributed by atoms with Crippen LogP contribution in [0.2, 0.25) is 0 Å². The molecular weight excluding hydrogens is 432 g/mol. The molecule has 0 aliphatic carbocycles. The summed E-state index contributed by atoms with van der Waals surface area (Å²) >= 11 is 0. The molecule has 0 unspecified atom stereocenters. The van der Waals surface area contributed by atoms with E-state index < -0.39 is 0 Å². The van der Waals surface area contributed by atoms with Crippen LogP contribution in [0.3, 0.4) is 0 Å². The van der Waals surface area contributed by atoms with Crippen molar-refractivity contribution in [1.82, 2.24) is 0 Å². The maximum absolute atomic E-state index is 4.02. The quantitative estimate of drug-likeness (QED) is 0.229. The van der Waals surface area contributed by atoms with Crippen LogP contribution in [-0.2, 0) is 0 Å². The number of hydrogen-bond acceptors (Lipinski definition) is 0. The molecule has 0 heterocycles. The molecule has 0 nitrogen and oxygen atoms in total. The molecule has 6 aromatic carbocycles. The number of aryl methyl sites for hydroxylation is 1. The largest absolute Gasteiger partial charge is 0.0984 e. The van der Waals surface area contributed by atoms with Gasteiger partial charge in [0.05, 0.1) is 0 Å². The van der Waals surface area contributed by atoms with Gasteiger partial charge in [0.25, 0.3) is 0 Å². The molecule has 0 aromatic heterocycles. The van der Waals surface area contributed by atoms with Crippen molar-refractivity contribution in [3.8, 4) is 22.3 Å². The van der Waals surface area contributed by atoms with Crippen LogP contribution in [0.1, 0.15) is 23.6 Å². The van der Waals surface area contributed by atoms with Crippen LogP contribution < -0.4 is 0 Å². The molecule has 0 saturated heterocycles. The molecule has 0 spiro atoms. The monoisotopic (exact) mass is 460 g/mol. The van der Waals surface area contributed by atoms with E-state index in [2.05, 4.69) is 136 Å². The first-order chi connectivity index (χ1) is 17.7. The van der Waals surface area contributed by atoms with Crippen LogP contribution in [0, 0.1) is 6.92 Å². The van der Waals surface area contributed by atoms with Gasteiger partial charge in [0.15, 0.2) is 0 Å². The number of hydrogen-bond donors (Lipinski definition) is 0. The molecule has 0 heteroatoms. The summed E-state index contributed by atoms with van der Waals surface area (Å²) in [6, 6.07) is 37.9. The summed E-state index contributed by atoms with van der Waals surface area (Å²) < 4.78 is 0. The van der Waals surface area contributed by atoms with Gasteiger partial charge < -0.3 is 0 Å². The maximum Gasteiger partial charge on any atom is -0.00261 e. The molecule has 0 atom stereocenters. The van der Waals surface area contributed by atoms with Crippen molar-refractivity contribution in [3.63, 3.8) is 0 Å². The zero-order valence-corrected chi connectivity index (χ0v) is 20.8. The van der Waals surface area contributed by atoms with Gasteiger partial charge in [-0.25, -0.2) is 0 Å². The molecule has 6 aromatic rings. The van der Waals surface area contributed by atoms with Gasteiger partial charge in [-0.1, -0.05) is 121 Å². The van der Waals surface area contributed by atoms with Gasteiger partial charge in [-0.3, -0.25) is 0 Å². The van der Waals surface area contributed by atoms with Gasteiger partial charge >= 0.3 is 0 Å². The van der Waals surface area contributed by atoms with Crippen LogP contribution in [0.4, 0.5) is 0 Å². The van der Waals surface area contributed by atoms with Crippen LogP contribution in [-0.4, -0.2) is 0 Å². The predicted molar refractivity (Wildman–Crippen MR) is 159 cm³/mol. The lowest BCUT2D eigenvalue weighted by atomic mass is 9.84. The van der Waals surface area contributed by atoms with Crippen molar-refractivity contribution in [2.24, 2.45) is 0 Å². The Labute approximate surface area is 212 Å². The van der Waals surface area contributed by atoms with Crippen molar-refractivity contribution >= 4 is 44.5 Å². The second-order valence-corrected chi connectivity index (χ2v) is 9.45. The number of benzene rings is 6. The summed E-state index contributed by atoms with van der Waals surface area (Å²) in [4.78, 5) is 0. The first kappa shape index (κ1) is 22.1. The molecule has 36 heavy (non-hydrogen) atoms. The van der Waals surface area contributed by atoms with E-state index in [0.717, 1.165) is 5.56 Å². The summed E-state index contributed by atoms with van der Waals surface area (Å²) in [5.41, 5.74) is 8.67. The van der Waals surface area contributed by atoms with E-state index in [1.165, 1.54) is 65.7 Å². The summed E-state index contributed by atoms with van der Waals surface area (Å²) in [5.74, 6) is 0. The molecule has 0 radical (unpaired) electrons. The Morgan fingerprint density at radius 2 is 1.19 bits per heavy atom. The highest BCUT2D eigenvalue weighted by molar-refractivity contribution is 6.22. The normalized spacial score (nSPS) is 11.6. The maximum atomic E-state index is 4.02. The zero-order chi connectivity index (χ0) is 24.6. The zero-order valence-electron chi connectivity index (χ0n) is 20.8. The van der Waals surface area contributed by atoms with E-state index in [4.69, 9.17) is 0 Å². The van der Waals surface area contributed by atoms with Crippen molar-refractivity contribution < 1.29 is 0 Å². The van der Waals surface area contributed by atoms with Gasteiger partial charge in [-0.2, -0.15) is 0 Å². The third kappa shape index (κ3) is 3.63. The van der Waals surface area contributed by atoms with Crippen molar-refractivity contribution in [1.29, 1.82) is 0 Å². The molecule has 172 valence electrons. The fraction of sp³-hybridized carbons (Fsp3) is 0.0556. The lowest BCUT2D eigenvalue weighted by molar-refractivity contribution is 1.51. The molecule has 0 aliphatic rings. The van der Waals surface area contributed by atoms with E-state index in [0.29, 0.717) is 0 Å². The number of fused-ring (bicyclic) bond motifs is 3. The Bertz CT molecular complexity index is 1810. The highest BCUT2D eigenvalue weighted by Gasteiger charge is 2.17. The minimum Gasteiger partial charge on any atom is -0.0984 e. The minimum atomic E-state index is 1.15. The van der Waals surface area contributed by atoms with E-state index in [1.54, 1.807) is 0 Å². The SMILES string of the molecule is C=Cc1ccc(-c2c3ccccc3c(-c3ccc4ccccc4c3)c3cc(C)ccc23)cc1/C=C\C. The van der Waals surface area contributed by atoms with Gasteiger partial charge in [-0.15, -0.1) is 0 Å². The lowest BCUT2D eigenvalue weighted by Crippen LogP contribution is -1.92. The van der Waals surface area contributed by atoms with E-state index in [-0.39, 0.29) is 0 Å². The lowest BCUT2D eigenvalue weighted by Gasteiger charge is -2.19. The fourth-order valence-corrected chi connectivity index (χ4v) is 5.50. The Morgan fingerprint density at radius 3 is 1.94 bits per heavy atom. The van der Waals surface area contributed by atoms with Crippen molar-refractivity contribution in [2.75, 3.05) is 0 Å². The average molecular weight is 461 g/mol. The summed E-state index contributed by atoms with van der Waals surface area (Å²) in [5, 5.41) is 7.65. The summed E-state index contributed by atoms with van der Waals surface area (Å²) in [6.45, 7) is 8.26. The molecule has 0 saturated carbocycles. The van der Waals surface area contributed by atoms with Crippen LogP contribution in [0.5, 0.6) is 0 Å². The molecule has 0 bridgehead atoms. The Balaban J connectivity index is 1.75. The molecule has 0 aliphatic heterocycles. The van der Waals surface area contributed by atoms with Crippen LogP contribution in [0.25, 0.3) is 66.7 Å². The standard InChI is InChI=1S/C36H28/c1-4-10-27-22-29(18-16-25(27)5-2)35-31-13-8-9-14-32(31)36(34-21-24(3)15-20-33(34)35)30-19-17-26-11-6-7-12-28(26)23-30/h4-23H,2H2,1,3H3/b10-4-. The average Bonchev–Trinajstić information content (AvgIpc) is 2.91. The summed E-state index contributed by atoms with van der Waals surface area (Å²) in [7, 11) is 0. The highest BCUT2D eigenvalue weighted by atomic mass is 14.2. The second-order valence-electron chi connectivity index (χ2n) is 9.45. The van der Waals surface area contributed by atoms with Gasteiger partial charge in [0.1, 0.15) is 0 Å². The molecule has 6 rings (SSSR count). The van der Waals surface area contributed by atoms with Crippen molar-refractivity contribution in [3.05, 3.63) is 132 Å². The highest BCUT2D eigenvalue weighted by Crippen LogP contribution is 2.44. The molecule has 0 N–H and O–H groups in total. The first-order valence-corrected chi connectivity index (χ1v) is 12.5. The Hall–Kier alpha value is -4.42. The topological polar surface area (TPSA) is 0 Å². The van der Waals surface area contributed by atoms with E-state index >= 15 is 0 Å². The second kappa shape index (κ2) is 8.98. The minimum absolute atomic E-state index is 1.15. The number of allylic oxidation sites excluding steroid dienone is 1. The van der Waals surface area contributed by atoms with Crippen LogP contribution >= 0.6 is 0 Å². The number of rotatable bonds is 4. The van der Waals surface area contributed by atoms with Crippen molar-refractivity contribution in [2.45, 2.75) is 13.8 Å². The van der Waals surface area contributed by atoms with Gasteiger partial charge in [0, 0.05) is 0 Å². The molecule has 0 amide bonds. The Morgan fingerprint density at radius 1 is 0.556 bits per heavy atom. The molecule has 0 fully saturated rings. The Kier molecular flexibility index (Phi) is 5.51. The molecular formula is C36H28. The first-order valence-electron chi connectivity index (χ1n) is 12.5. The third-order valence-corrected chi connectivity index (χ3v) is 7.16.